The topological polar surface area (TPSA) is 66.5 Å². The maximum absolute atomic E-state index is 11.4. The zero-order valence-electron chi connectivity index (χ0n) is 9.44. The molecule has 1 heterocycles. The Hall–Kier alpha value is -0.140. The predicted octanol–water partition coefficient (Wildman–Crippen LogP) is 0.310. The van der Waals surface area contributed by atoms with Gasteiger partial charge in [0, 0.05) is 19.1 Å². The van der Waals surface area contributed by atoms with E-state index in [1.807, 2.05) is 0 Å². The molecule has 0 aliphatic carbocycles. The van der Waals surface area contributed by atoms with Crippen molar-refractivity contribution in [3.8, 4) is 0 Å². The molecule has 1 fully saturated rings. The van der Waals surface area contributed by atoms with Crippen molar-refractivity contribution in [2.45, 2.75) is 30.6 Å². The van der Waals surface area contributed by atoms with E-state index in [0.717, 1.165) is 0 Å². The minimum Gasteiger partial charge on any atom is -0.352 e. The Balaban J connectivity index is 2.41. The molecular formula is C9H17BrN2O3S. The van der Waals surface area contributed by atoms with Gasteiger partial charge in [-0.2, -0.15) is 0 Å². The van der Waals surface area contributed by atoms with Gasteiger partial charge in [-0.1, -0.05) is 15.9 Å². The van der Waals surface area contributed by atoms with Gasteiger partial charge >= 0.3 is 0 Å². The molecule has 1 aliphatic rings. The molecule has 0 aromatic carbocycles. The molecule has 1 saturated heterocycles. The highest BCUT2D eigenvalue weighted by molar-refractivity contribution is 9.10. The first kappa shape index (κ1) is 13.9. The Kier molecular flexibility index (Phi) is 4.75. The summed E-state index contributed by atoms with van der Waals surface area (Å²) in [5, 5.41) is 2.88. The lowest BCUT2D eigenvalue weighted by molar-refractivity contribution is -0.121. The zero-order chi connectivity index (χ0) is 12.3. The lowest BCUT2D eigenvalue weighted by Gasteiger charge is -2.30. The largest absolute Gasteiger partial charge is 0.352 e. The van der Waals surface area contributed by atoms with Gasteiger partial charge in [0.05, 0.1) is 11.1 Å². The monoisotopic (exact) mass is 312 g/mol. The summed E-state index contributed by atoms with van der Waals surface area (Å²) in [7, 11) is -3.08. The molecule has 5 nitrogen and oxygen atoms in total. The van der Waals surface area contributed by atoms with E-state index in [4.69, 9.17) is 0 Å². The lowest BCUT2D eigenvalue weighted by Crippen LogP contribution is -2.47. The normalized spacial score (nSPS) is 21.7. The van der Waals surface area contributed by atoms with Crippen LogP contribution in [0.15, 0.2) is 0 Å². The van der Waals surface area contributed by atoms with E-state index < -0.39 is 10.0 Å². The van der Waals surface area contributed by atoms with E-state index >= 15 is 0 Å². The van der Waals surface area contributed by atoms with E-state index in [1.165, 1.54) is 10.6 Å². The molecule has 0 radical (unpaired) electrons. The Bertz CT molecular complexity index is 348. The highest BCUT2D eigenvalue weighted by Gasteiger charge is 2.26. The third-order valence-corrected chi connectivity index (χ3v) is 4.35. The Morgan fingerprint density at radius 3 is 2.31 bits per heavy atom. The third kappa shape index (κ3) is 4.03. The highest BCUT2D eigenvalue weighted by atomic mass is 79.9. The third-order valence-electron chi connectivity index (χ3n) is 2.63. The van der Waals surface area contributed by atoms with Crippen LogP contribution < -0.4 is 5.32 Å². The molecule has 0 bridgehead atoms. The quantitative estimate of drug-likeness (QED) is 0.763. The van der Waals surface area contributed by atoms with Crippen LogP contribution in [-0.2, 0) is 14.8 Å². The van der Waals surface area contributed by atoms with Crippen molar-refractivity contribution in [3.05, 3.63) is 0 Å². The van der Waals surface area contributed by atoms with Crippen LogP contribution in [0.5, 0.6) is 0 Å². The highest BCUT2D eigenvalue weighted by Crippen LogP contribution is 2.13. The van der Waals surface area contributed by atoms with Crippen LogP contribution in [0.1, 0.15) is 19.8 Å². The minimum atomic E-state index is -3.08. The van der Waals surface area contributed by atoms with Crippen molar-refractivity contribution in [3.63, 3.8) is 0 Å². The summed E-state index contributed by atoms with van der Waals surface area (Å²) in [5.74, 6) is -0.0437. The van der Waals surface area contributed by atoms with Gasteiger partial charge in [-0.05, 0) is 19.8 Å². The average Bonchev–Trinajstić information content (AvgIpc) is 2.17. The minimum absolute atomic E-state index is 0.0437. The number of carbonyl (C=O) groups excluding carboxylic acids is 1. The molecule has 0 spiro atoms. The fourth-order valence-electron chi connectivity index (χ4n) is 1.65. The van der Waals surface area contributed by atoms with Crippen LogP contribution in [0.2, 0.25) is 0 Å². The number of sulfonamides is 1. The maximum Gasteiger partial charge on any atom is 0.233 e. The standard InChI is InChI=1S/C9H17BrN2O3S/c1-7(10)9(13)11-8-3-5-12(6-4-8)16(2,14)15/h7-8H,3-6H2,1-2H3,(H,11,13). The molecule has 16 heavy (non-hydrogen) atoms. The Morgan fingerprint density at radius 2 is 1.94 bits per heavy atom. The van der Waals surface area contributed by atoms with Gasteiger partial charge in [0.2, 0.25) is 15.9 Å². The van der Waals surface area contributed by atoms with Gasteiger partial charge in [0.1, 0.15) is 0 Å². The first-order valence-corrected chi connectivity index (χ1v) is 7.96. The van der Waals surface area contributed by atoms with E-state index in [0.29, 0.717) is 25.9 Å². The van der Waals surface area contributed by atoms with Gasteiger partial charge in [-0.3, -0.25) is 4.79 Å². The second-order valence-corrected chi connectivity index (χ2v) is 7.42. The first-order chi connectivity index (χ1) is 7.30. The van der Waals surface area contributed by atoms with Crippen molar-refractivity contribution < 1.29 is 13.2 Å². The Labute approximate surface area is 105 Å². The fourth-order valence-corrected chi connectivity index (χ4v) is 2.65. The van der Waals surface area contributed by atoms with Crippen LogP contribution in [-0.4, -0.2) is 48.8 Å². The fraction of sp³-hybridized carbons (Fsp3) is 0.889. The predicted molar refractivity (Wildman–Crippen MR) is 66.0 cm³/mol. The van der Waals surface area contributed by atoms with E-state index in [9.17, 15) is 13.2 Å². The van der Waals surface area contributed by atoms with Crippen LogP contribution in [0, 0.1) is 0 Å². The molecule has 7 heteroatoms. The SMILES string of the molecule is CC(Br)C(=O)NC1CCN(S(C)(=O)=O)CC1. The average molecular weight is 313 g/mol. The summed E-state index contributed by atoms with van der Waals surface area (Å²) in [6.07, 6.45) is 2.57. The molecule has 1 N–H and O–H groups in total. The van der Waals surface area contributed by atoms with Gasteiger partial charge in [0.25, 0.3) is 0 Å². The van der Waals surface area contributed by atoms with Crippen molar-refractivity contribution in [1.82, 2.24) is 9.62 Å². The number of alkyl halides is 1. The summed E-state index contributed by atoms with van der Waals surface area (Å²) in [4.78, 5) is 11.2. The molecule has 94 valence electrons. The second kappa shape index (κ2) is 5.46. The smallest absolute Gasteiger partial charge is 0.233 e. The van der Waals surface area contributed by atoms with Crippen LogP contribution in [0.3, 0.4) is 0 Å². The van der Waals surface area contributed by atoms with Gasteiger partial charge in [-0.25, -0.2) is 12.7 Å². The molecule has 0 aromatic rings. The molecule has 1 unspecified atom stereocenters. The summed E-state index contributed by atoms with van der Waals surface area (Å²) in [6.45, 7) is 2.74. The number of piperidine rings is 1. The summed E-state index contributed by atoms with van der Waals surface area (Å²) in [5.41, 5.74) is 0. The molecule has 0 aromatic heterocycles. The number of amides is 1. The number of hydrogen-bond donors (Lipinski definition) is 1. The molecular weight excluding hydrogens is 296 g/mol. The number of nitrogens with one attached hydrogen (secondary N) is 1. The van der Waals surface area contributed by atoms with Crippen molar-refractivity contribution in [2.75, 3.05) is 19.3 Å². The van der Waals surface area contributed by atoms with E-state index in [1.54, 1.807) is 6.92 Å². The summed E-state index contributed by atoms with van der Waals surface area (Å²) >= 11 is 3.19. The zero-order valence-corrected chi connectivity index (χ0v) is 11.8. The number of nitrogens with zero attached hydrogens (tertiary/aromatic N) is 1. The van der Waals surface area contributed by atoms with Gasteiger partial charge in [-0.15, -0.1) is 0 Å². The molecule has 1 amide bonds. The number of carbonyl (C=O) groups is 1. The van der Waals surface area contributed by atoms with E-state index in [-0.39, 0.29) is 16.8 Å². The number of hydrogen-bond acceptors (Lipinski definition) is 3. The molecule has 1 aliphatic heterocycles. The van der Waals surface area contributed by atoms with Crippen LogP contribution >= 0.6 is 15.9 Å². The van der Waals surface area contributed by atoms with Crippen molar-refractivity contribution in [2.24, 2.45) is 0 Å². The summed E-state index contributed by atoms with van der Waals surface area (Å²) in [6, 6.07) is 0.0884. The van der Waals surface area contributed by atoms with Gasteiger partial charge < -0.3 is 5.32 Å². The van der Waals surface area contributed by atoms with Crippen molar-refractivity contribution >= 4 is 31.9 Å². The molecule has 0 saturated carbocycles. The maximum atomic E-state index is 11.4. The Morgan fingerprint density at radius 1 is 1.44 bits per heavy atom. The van der Waals surface area contributed by atoms with Gasteiger partial charge in [0.15, 0.2) is 0 Å². The summed E-state index contributed by atoms with van der Waals surface area (Å²) < 4.78 is 24.0. The molecule has 1 atom stereocenters. The van der Waals surface area contributed by atoms with Crippen molar-refractivity contribution in [1.29, 1.82) is 0 Å². The first-order valence-electron chi connectivity index (χ1n) is 5.20. The second-order valence-electron chi connectivity index (χ2n) is 4.06. The lowest BCUT2D eigenvalue weighted by atomic mass is 10.1. The van der Waals surface area contributed by atoms with Crippen LogP contribution in [0.4, 0.5) is 0 Å². The molecule has 1 rings (SSSR count). The number of halogens is 1. The van der Waals surface area contributed by atoms with Crippen LogP contribution in [0.25, 0.3) is 0 Å². The van der Waals surface area contributed by atoms with E-state index in [2.05, 4.69) is 21.2 Å². The number of rotatable bonds is 3.